The van der Waals surface area contributed by atoms with Crippen LogP contribution < -0.4 is 15.4 Å². The number of nitrogens with two attached hydrogens (primary N) is 1. The van der Waals surface area contributed by atoms with E-state index in [1.807, 2.05) is 30.5 Å². The van der Waals surface area contributed by atoms with E-state index in [4.69, 9.17) is 22.1 Å². The van der Waals surface area contributed by atoms with Crippen LogP contribution in [-0.2, 0) is 6.54 Å². The van der Waals surface area contributed by atoms with Crippen LogP contribution >= 0.6 is 11.6 Å². The van der Waals surface area contributed by atoms with Crippen LogP contribution in [0.4, 0.5) is 5.69 Å². The van der Waals surface area contributed by atoms with E-state index in [0.29, 0.717) is 6.54 Å². The Hall–Kier alpha value is -1.78. The Kier molecular flexibility index (Phi) is 3.51. The number of rotatable bonds is 3. The molecule has 0 saturated carbocycles. The van der Waals surface area contributed by atoms with E-state index in [1.54, 1.807) is 13.3 Å². The number of benzene rings is 1. The standard InChI is InChI=1S/C15H16ClN3O/c1-20-14-5-4-12(16)15-11(14)9-19(13(15)7-17)10-3-2-6-18-8-10/h2-6,8,13H,7,9,17H2,1H3. The first-order valence-corrected chi connectivity index (χ1v) is 6.86. The van der Waals surface area contributed by atoms with E-state index in [0.717, 1.165) is 34.1 Å². The topological polar surface area (TPSA) is 51.4 Å². The summed E-state index contributed by atoms with van der Waals surface area (Å²) in [5, 5.41) is 0.739. The molecule has 1 atom stereocenters. The molecule has 0 amide bonds. The Morgan fingerprint density at radius 2 is 2.30 bits per heavy atom. The van der Waals surface area contributed by atoms with Crippen LogP contribution in [0.3, 0.4) is 0 Å². The maximum atomic E-state index is 6.37. The van der Waals surface area contributed by atoms with Gasteiger partial charge < -0.3 is 15.4 Å². The van der Waals surface area contributed by atoms with Gasteiger partial charge in [0.1, 0.15) is 5.75 Å². The van der Waals surface area contributed by atoms with Crippen LogP contribution in [0.1, 0.15) is 17.2 Å². The molecule has 20 heavy (non-hydrogen) atoms. The predicted molar refractivity (Wildman–Crippen MR) is 80.2 cm³/mol. The third-order valence-electron chi connectivity index (χ3n) is 3.72. The van der Waals surface area contributed by atoms with Gasteiger partial charge in [-0.3, -0.25) is 4.98 Å². The molecule has 1 aliphatic rings. The maximum Gasteiger partial charge on any atom is 0.124 e. The Labute approximate surface area is 123 Å². The van der Waals surface area contributed by atoms with Crippen molar-refractivity contribution in [3.63, 3.8) is 0 Å². The minimum Gasteiger partial charge on any atom is -0.496 e. The number of pyridine rings is 1. The quantitative estimate of drug-likeness (QED) is 0.944. The number of nitrogens with zero attached hydrogens (tertiary/aromatic N) is 2. The van der Waals surface area contributed by atoms with Gasteiger partial charge in [0, 0.05) is 35.4 Å². The summed E-state index contributed by atoms with van der Waals surface area (Å²) in [5.74, 6) is 0.856. The average molecular weight is 290 g/mol. The summed E-state index contributed by atoms with van der Waals surface area (Å²) >= 11 is 6.37. The van der Waals surface area contributed by atoms with E-state index < -0.39 is 0 Å². The minimum absolute atomic E-state index is 0.0526. The lowest BCUT2D eigenvalue weighted by atomic mass is 10.0. The van der Waals surface area contributed by atoms with Gasteiger partial charge in [0.2, 0.25) is 0 Å². The lowest BCUT2D eigenvalue weighted by Crippen LogP contribution is -2.27. The molecular formula is C15H16ClN3O. The fourth-order valence-electron chi connectivity index (χ4n) is 2.81. The Balaban J connectivity index is 2.09. The van der Waals surface area contributed by atoms with Crippen molar-refractivity contribution in [3.8, 4) is 5.75 Å². The second-order valence-corrected chi connectivity index (χ2v) is 5.14. The van der Waals surface area contributed by atoms with E-state index in [1.165, 1.54) is 0 Å². The zero-order valence-corrected chi connectivity index (χ0v) is 12.0. The molecule has 2 N–H and O–H groups in total. The van der Waals surface area contributed by atoms with Gasteiger partial charge in [-0.1, -0.05) is 11.6 Å². The SMILES string of the molecule is COc1ccc(Cl)c2c1CN(c1cccnc1)C2CN. The molecule has 2 aromatic rings. The first kappa shape index (κ1) is 13.2. The van der Waals surface area contributed by atoms with Gasteiger partial charge >= 0.3 is 0 Å². The highest BCUT2D eigenvalue weighted by Gasteiger charge is 2.33. The number of hydrogen-bond donors (Lipinski definition) is 1. The van der Waals surface area contributed by atoms with Gasteiger partial charge in [0.25, 0.3) is 0 Å². The summed E-state index contributed by atoms with van der Waals surface area (Å²) in [7, 11) is 1.67. The van der Waals surface area contributed by atoms with Crippen molar-refractivity contribution in [1.82, 2.24) is 4.98 Å². The smallest absolute Gasteiger partial charge is 0.124 e. The zero-order valence-electron chi connectivity index (χ0n) is 11.2. The lowest BCUT2D eigenvalue weighted by molar-refractivity contribution is 0.410. The van der Waals surface area contributed by atoms with Crippen LogP contribution in [0.2, 0.25) is 5.02 Å². The first-order chi connectivity index (χ1) is 9.76. The van der Waals surface area contributed by atoms with Crippen molar-refractivity contribution in [2.45, 2.75) is 12.6 Å². The maximum absolute atomic E-state index is 6.37. The summed E-state index contributed by atoms with van der Waals surface area (Å²) in [6, 6.07) is 7.78. The Morgan fingerprint density at radius 1 is 1.45 bits per heavy atom. The van der Waals surface area contributed by atoms with Crippen molar-refractivity contribution in [1.29, 1.82) is 0 Å². The number of ether oxygens (including phenoxy) is 1. The molecule has 4 nitrogen and oxygen atoms in total. The van der Waals surface area contributed by atoms with Crippen molar-refractivity contribution in [3.05, 3.63) is 52.8 Å². The fourth-order valence-corrected chi connectivity index (χ4v) is 3.11. The highest BCUT2D eigenvalue weighted by molar-refractivity contribution is 6.31. The van der Waals surface area contributed by atoms with Crippen LogP contribution in [0.25, 0.3) is 0 Å². The summed E-state index contributed by atoms with van der Waals surface area (Å²) in [4.78, 5) is 6.39. The first-order valence-electron chi connectivity index (χ1n) is 6.48. The fraction of sp³-hybridized carbons (Fsp3) is 0.267. The molecule has 0 spiro atoms. The van der Waals surface area contributed by atoms with Crippen molar-refractivity contribution in [2.24, 2.45) is 5.73 Å². The Bertz CT molecular complexity index is 618. The van der Waals surface area contributed by atoms with E-state index in [9.17, 15) is 0 Å². The van der Waals surface area contributed by atoms with Crippen molar-refractivity contribution >= 4 is 17.3 Å². The van der Waals surface area contributed by atoms with Crippen molar-refractivity contribution < 1.29 is 4.74 Å². The predicted octanol–water partition coefficient (Wildman–Crippen LogP) is 2.76. The van der Waals surface area contributed by atoms with Gasteiger partial charge in [0.05, 0.1) is 25.0 Å². The molecule has 1 unspecified atom stereocenters. The Morgan fingerprint density at radius 3 is 2.95 bits per heavy atom. The number of aromatic nitrogens is 1. The van der Waals surface area contributed by atoms with Gasteiger partial charge in [-0.2, -0.15) is 0 Å². The summed E-state index contributed by atoms with van der Waals surface area (Å²) in [5.41, 5.74) is 9.19. The minimum atomic E-state index is 0.0526. The molecule has 1 aromatic carbocycles. The highest BCUT2D eigenvalue weighted by atomic mass is 35.5. The monoisotopic (exact) mass is 289 g/mol. The summed E-state index contributed by atoms with van der Waals surface area (Å²) in [6.45, 7) is 1.22. The normalized spacial score (nSPS) is 17.1. The third-order valence-corrected chi connectivity index (χ3v) is 4.05. The molecule has 0 fully saturated rings. The molecule has 0 aliphatic carbocycles. The van der Waals surface area contributed by atoms with Gasteiger partial charge in [0.15, 0.2) is 0 Å². The van der Waals surface area contributed by atoms with Crippen LogP contribution in [0.15, 0.2) is 36.7 Å². The second-order valence-electron chi connectivity index (χ2n) is 4.73. The molecule has 2 heterocycles. The van der Waals surface area contributed by atoms with Gasteiger partial charge in [-0.25, -0.2) is 0 Å². The lowest BCUT2D eigenvalue weighted by Gasteiger charge is -2.26. The summed E-state index contributed by atoms with van der Waals surface area (Å²) in [6.07, 6.45) is 3.60. The highest BCUT2D eigenvalue weighted by Crippen LogP contribution is 2.44. The second kappa shape index (κ2) is 5.31. The molecule has 1 aromatic heterocycles. The third kappa shape index (κ3) is 2.01. The number of anilines is 1. The van der Waals surface area contributed by atoms with Gasteiger partial charge in [-0.05, 0) is 24.3 Å². The summed E-state index contributed by atoms with van der Waals surface area (Å²) < 4.78 is 5.45. The number of halogens is 1. The number of fused-ring (bicyclic) bond motifs is 1. The molecule has 0 bridgehead atoms. The van der Waals surface area contributed by atoms with E-state index in [2.05, 4.69) is 9.88 Å². The molecule has 104 valence electrons. The van der Waals surface area contributed by atoms with Crippen molar-refractivity contribution in [2.75, 3.05) is 18.6 Å². The van der Waals surface area contributed by atoms with Crippen LogP contribution in [-0.4, -0.2) is 18.6 Å². The number of methoxy groups -OCH3 is 1. The van der Waals surface area contributed by atoms with Crippen LogP contribution in [0, 0.1) is 0 Å². The molecule has 0 saturated heterocycles. The van der Waals surface area contributed by atoms with Gasteiger partial charge in [-0.15, -0.1) is 0 Å². The van der Waals surface area contributed by atoms with E-state index in [-0.39, 0.29) is 6.04 Å². The molecule has 5 heteroatoms. The molecule has 1 aliphatic heterocycles. The number of hydrogen-bond acceptors (Lipinski definition) is 4. The van der Waals surface area contributed by atoms with E-state index >= 15 is 0 Å². The average Bonchev–Trinajstić information content (AvgIpc) is 2.89. The molecular weight excluding hydrogens is 274 g/mol. The zero-order chi connectivity index (χ0) is 14.1. The largest absolute Gasteiger partial charge is 0.496 e. The molecule has 3 rings (SSSR count). The van der Waals surface area contributed by atoms with Crippen LogP contribution in [0.5, 0.6) is 5.75 Å². The molecule has 0 radical (unpaired) electrons.